The van der Waals surface area contributed by atoms with Gasteiger partial charge in [-0.1, -0.05) is 112 Å². The van der Waals surface area contributed by atoms with E-state index in [-0.39, 0.29) is 12.4 Å². The first kappa shape index (κ1) is 36.4. The van der Waals surface area contributed by atoms with Crippen molar-refractivity contribution in [3.05, 3.63) is 71.8 Å². The molecule has 2 N–H and O–H groups in total. The van der Waals surface area contributed by atoms with Crippen LogP contribution in [0, 0.1) is 11.8 Å². The van der Waals surface area contributed by atoms with Crippen molar-refractivity contribution in [3.8, 4) is 0 Å². The number of hydrogen-bond acceptors (Lipinski definition) is 4. The Morgan fingerprint density at radius 1 is 0.467 bits per heavy atom. The Balaban J connectivity index is 0.000000200. The van der Waals surface area contributed by atoms with Gasteiger partial charge in [0.05, 0.1) is 11.2 Å². The van der Waals surface area contributed by atoms with Crippen LogP contribution in [-0.2, 0) is 11.2 Å². The molecule has 2 aliphatic heterocycles. The smallest absolute Gasteiger partial charge is 0.0936 e. The van der Waals surface area contributed by atoms with Crippen LogP contribution in [0.1, 0.15) is 127 Å². The SMILES string of the molecule is Cl.OC(CCN1CCCCC1)(c1ccccc1)C1CCCCC1.OC(CCN1CCCCC1)(c1ccccc1)C1CCCCC1. The van der Waals surface area contributed by atoms with Gasteiger partial charge in [0.1, 0.15) is 0 Å². The van der Waals surface area contributed by atoms with Crippen molar-refractivity contribution in [1.82, 2.24) is 9.80 Å². The lowest BCUT2D eigenvalue weighted by atomic mass is 9.71. The monoisotopic (exact) mass is 638 g/mol. The maximum atomic E-state index is 11.6. The van der Waals surface area contributed by atoms with Gasteiger partial charge in [-0.05, 0) is 113 Å². The molecule has 4 nitrogen and oxygen atoms in total. The summed E-state index contributed by atoms with van der Waals surface area (Å²) in [7, 11) is 0. The zero-order valence-corrected chi connectivity index (χ0v) is 28.9. The van der Waals surface area contributed by atoms with E-state index in [4.69, 9.17) is 0 Å². The Labute approximate surface area is 281 Å². The van der Waals surface area contributed by atoms with Crippen LogP contribution in [0.15, 0.2) is 60.7 Å². The molecular weight excluding hydrogens is 576 g/mol. The summed E-state index contributed by atoms with van der Waals surface area (Å²) in [5.74, 6) is 0.877. The third-order valence-corrected chi connectivity index (χ3v) is 11.6. The number of likely N-dealkylation sites (tertiary alicyclic amines) is 2. The first-order valence-corrected chi connectivity index (χ1v) is 18.6. The first-order chi connectivity index (χ1) is 21.6. The zero-order valence-electron chi connectivity index (χ0n) is 28.1. The van der Waals surface area contributed by atoms with Crippen LogP contribution < -0.4 is 0 Å². The van der Waals surface area contributed by atoms with Crippen LogP contribution in [0.25, 0.3) is 0 Å². The zero-order chi connectivity index (χ0) is 30.5. The molecule has 4 fully saturated rings. The van der Waals surface area contributed by atoms with Gasteiger partial charge >= 0.3 is 0 Å². The average Bonchev–Trinajstić information content (AvgIpc) is 3.12. The molecule has 2 saturated heterocycles. The summed E-state index contributed by atoms with van der Waals surface area (Å²) in [6, 6.07) is 20.9. The van der Waals surface area contributed by atoms with E-state index in [1.165, 1.54) is 129 Å². The third kappa shape index (κ3) is 10.3. The van der Waals surface area contributed by atoms with E-state index >= 15 is 0 Å². The van der Waals surface area contributed by atoms with Gasteiger partial charge in [0, 0.05) is 13.1 Å². The van der Waals surface area contributed by atoms with Gasteiger partial charge in [0.2, 0.25) is 0 Å². The first-order valence-electron chi connectivity index (χ1n) is 18.6. The van der Waals surface area contributed by atoms with E-state index in [0.29, 0.717) is 11.8 Å². The minimum absolute atomic E-state index is 0. The van der Waals surface area contributed by atoms with E-state index in [0.717, 1.165) is 37.1 Å². The predicted molar refractivity (Wildman–Crippen MR) is 191 cm³/mol. The highest BCUT2D eigenvalue weighted by molar-refractivity contribution is 5.85. The van der Waals surface area contributed by atoms with E-state index < -0.39 is 11.2 Å². The molecule has 2 saturated carbocycles. The summed E-state index contributed by atoms with van der Waals surface area (Å²) >= 11 is 0. The van der Waals surface area contributed by atoms with Crippen LogP contribution in [-0.4, -0.2) is 59.3 Å². The second kappa shape index (κ2) is 18.8. The van der Waals surface area contributed by atoms with Crippen molar-refractivity contribution in [2.75, 3.05) is 39.3 Å². The molecule has 2 aromatic rings. The van der Waals surface area contributed by atoms with E-state index in [1.807, 2.05) is 0 Å². The van der Waals surface area contributed by atoms with Crippen LogP contribution >= 0.6 is 12.4 Å². The second-order valence-electron chi connectivity index (χ2n) is 14.6. The molecular formula is C40H63ClN2O2. The topological polar surface area (TPSA) is 46.9 Å². The summed E-state index contributed by atoms with van der Waals surface area (Å²) < 4.78 is 0. The molecule has 252 valence electrons. The molecule has 6 rings (SSSR count). The fraction of sp³-hybridized carbons (Fsp3) is 0.700. The molecule has 2 aromatic carbocycles. The molecule has 0 radical (unpaired) electrons. The molecule has 2 unspecified atom stereocenters. The number of benzene rings is 2. The fourth-order valence-corrected chi connectivity index (χ4v) is 8.81. The number of piperidine rings is 2. The normalized spacial score (nSPS) is 23.5. The summed E-state index contributed by atoms with van der Waals surface area (Å²) in [5, 5.41) is 23.2. The van der Waals surface area contributed by atoms with E-state index in [2.05, 4.69) is 70.5 Å². The molecule has 0 spiro atoms. The molecule has 0 aromatic heterocycles. The molecule has 2 heterocycles. The molecule has 0 amide bonds. The lowest BCUT2D eigenvalue weighted by Crippen LogP contribution is -2.41. The molecule has 2 aliphatic carbocycles. The Bertz CT molecular complexity index is 961. The Morgan fingerprint density at radius 3 is 1.11 bits per heavy atom. The van der Waals surface area contributed by atoms with Gasteiger partial charge in [0.25, 0.3) is 0 Å². The van der Waals surface area contributed by atoms with Crippen molar-refractivity contribution >= 4 is 12.4 Å². The van der Waals surface area contributed by atoms with E-state index in [9.17, 15) is 10.2 Å². The summed E-state index contributed by atoms with van der Waals surface area (Å²) in [6.45, 7) is 6.96. The van der Waals surface area contributed by atoms with Crippen molar-refractivity contribution in [1.29, 1.82) is 0 Å². The second-order valence-corrected chi connectivity index (χ2v) is 14.6. The lowest BCUT2D eigenvalue weighted by Gasteiger charge is -2.40. The van der Waals surface area contributed by atoms with Crippen molar-refractivity contribution in [2.24, 2.45) is 11.8 Å². The summed E-state index contributed by atoms with van der Waals surface area (Å²) in [6.07, 6.45) is 22.4. The van der Waals surface area contributed by atoms with Crippen molar-refractivity contribution < 1.29 is 10.2 Å². The van der Waals surface area contributed by atoms with Gasteiger partial charge in [-0.3, -0.25) is 0 Å². The minimum Gasteiger partial charge on any atom is -0.385 e. The number of aliphatic hydroxyl groups is 2. The van der Waals surface area contributed by atoms with Gasteiger partial charge in [-0.25, -0.2) is 0 Å². The maximum absolute atomic E-state index is 11.6. The Kier molecular flexibility index (Phi) is 15.2. The summed E-state index contributed by atoms with van der Waals surface area (Å²) in [5.41, 5.74) is 1.02. The maximum Gasteiger partial charge on any atom is 0.0936 e. The quantitative estimate of drug-likeness (QED) is 0.272. The predicted octanol–water partition coefficient (Wildman–Crippen LogP) is 9.08. The van der Waals surface area contributed by atoms with Crippen LogP contribution in [0.5, 0.6) is 0 Å². The molecule has 5 heteroatoms. The number of rotatable bonds is 10. The highest BCUT2D eigenvalue weighted by Gasteiger charge is 2.40. The average molecular weight is 639 g/mol. The minimum atomic E-state index is -0.626. The number of nitrogens with zero attached hydrogens (tertiary/aromatic N) is 2. The third-order valence-electron chi connectivity index (χ3n) is 11.6. The Morgan fingerprint density at radius 2 is 0.778 bits per heavy atom. The van der Waals surface area contributed by atoms with Crippen molar-refractivity contribution in [3.63, 3.8) is 0 Å². The molecule has 45 heavy (non-hydrogen) atoms. The van der Waals surface area contributed by atoms with Crippen LogP contribution in [0.2, 0.25) is 0 Å². The molecule has 2 atom stereocenters. The van der Waals surface area contributed by atoms with Crippen LogP contribution in [0.4, 0.5) is 0 Å². The highest BCUT2D eigenvalue weighted by Crippen LogP contribution is 2.43. The van der Waals surface area contributed by atoms with E-state index in [1.54, 1.807) is 0 Å². The lowest BCUT2D eigenvalue weighted by molar-refractivity contribution is -0.0531. The number of hydrogen-bond donors (Lipinski definition) is 2. The standard InChI is InChI=1S/2C20H31NO.ClH/c2*22-20(18-10-4-1-5-11-18,19-12-6-2-7-13-19)14-17-21-15-8-3-9-16-21;/h2*1,4-5,10-11,19,22H,2-3,6-9,12-17H2;1H. The largest absolute Gasteiger partial charge is 0.385 e. The molecule has 0 bridgehead atoms. The fourth-order valence-electron chi connectivity index (χ4n) is 8.81. The Hall–Kier alpha value is -1.43. The van der Waals surface area contributed by atoms with Crippen LogP contribution in [0.3, 0.4) is 0 Å². The van der Waals surface area contributed by atoms with Gasteiger partial charge in [-0.15, -0.1) is 12.4 Å². The molecule has 4 aliphatic rings. The van der Waals surface area contributed by atoms with Gasteiger partial charge in [0.15, 0.2) is 0 Å². The van der Waals surface area contributed by atoms with Gasteiger partial charge in [-0.2, -0.15) is 0 Å². The number of halogens is 1. The highest BCUT2D eigenvalue weighted by atomic mass is 35.5. The van der Waals surface area contributed by atoms with Gasteiger partial charge < -0.3 is 20.0 Å². The van der Waals surface area contributed by atoms with Crippen molar-refractivity contribution in [2.45, 2.75) is 127 Å². The summed E-state index contributed by atoms with van der Waals surface area (Å²) in [4.78, 5) is 5.11.